The van der Waals surface area contributed by atoms with Crippen molar-refractivity contribution in [3.8, 4) is 0 Å². The van der Waals surface area contributed by atoms with Crippen molar-refractivity contribution in [2.24, 2.45) is 0 Å². The number of carbonyl (C=O) groups is 1. The Morgan fingerprint density at radius 3 is 2.61 bits per heavy atom. The van der Waals surface area contributed by atoms with Crippen molar-refractivity contribution >= 4 is 15.9 Å². The van der Waals surface area contributed by atoms with Crippen molar-refractivity contribution in [1.82, 2.24) is 9.62 Å². The van der Waals surface area contributed by atoms with E-state index in [1.165, 1.54) is 4.31 Å². The molecule has 2 rings (SSSR count). The fourth-order valence-electron chi connectivity index (χ4n) is 2.10. The zero-order valence-corrected chi connectivity index (χ0v) is 11.0. The summed E-state index contributed by atoms with van der Waals surface area (Å²) >= 11 is 0. The highest BCUT2D eigenvalue weighted by atomic mass is 32.2. The van der Waals surface area contributed by atoms with Crippen LogP contribution >= 0.6 is 0 Å². The summed E-state index contributed by atoms with van der Waals surface area (Å²) in [5.74, 6) is -0.219. The summed E-state index contributed by atoms with van der Waals surface area (Å²) in [5, 5.41) is 2.69. The molecule has 1 N–H and O–H groups in total. The molecular formula is C12H16N2O3S. The lowest BCUT2D eigenvalue weighted by atomic mass is 10.2. The first-order valence-electron chi connectivity index (χ1n) is 5.92. The molecular weight excluding hydrogens is 252 g/mol. The fraction of sp³-hybridized carbons (Fsp3) is 0.417. The molecule has 1 heterocycles. The second kappa shape index (κ2) is 5.07. The largest absolute Gasteiger partial charge is 0.353 e. The molecule has 5 nitrogen and oxygen atoms in total. The fourth-order valence-corrected chi connectivity index (χ4v) is 3.78. The third-order valence-corrected chi connectivity index (χ3v) is 4.94. The molecule has 1 atom stereocenters. The van der Waals surface area contributed by atoms with E-state index < -0.39 is 16.1 Å². The summed E-state index contributed by atoms with van der Waals surface area (Å²) in [4.78, 5) is 11.9. The van der Waals surface area contributed by atoms with Gasteiger partial charge in [0.2, 0.25) is 15.9 Å². The lowest BCUT2D eigenvalue weighted by molar-refractivity contribution is -0.126. The maximum absolute atomic E-state index is 12.4. The number of hydrogen-bond acceptors (Lipinski definition) is 3. The molecule has 1 amide bonds. The third kappa shape index (κ3) is 2.26. The summed E-state index contributed by atoms with van der Waals surface area (Å²) < 4.78 is 26.2. The SMILES string of the molecule is CCC1C(=O)NCCN1S(=O)(=O)c1ccccc1. The number of benzene rings is 1. The molecule has 1 aliphatic rings. The molecule has 1 aromatic carbocycles. The molecule has 0 saturated carbocycles. The van der Waals surface area contributed by atoms with Crippen molar-refractivity contribution in [3.63, 3.8) is 0 Å². The van der Waals surface area contributed by atoms with Crippen molar-refractivity contribution < 1.29 is 13.2 Å². The Kier molecular flexibility index (Phi) is 3.68. The number of hydrogen-bond donors (Lipinski definition) is 1. The maximum atomic E-state index is 12.4. The van der Waals surface area contributed by atoms with Crippen LogP contribution in [0.4, 0.5) is 0 Å². The first-order valence-corrected chi connectivity index (χ1v) is 7.36. The van der Waals surface area contributed by atoms with Gasteiger partial charge in [0.05, 0.1) is 4.90 Å². The highest BCUT2D eigenvalue weighted by molar-refractivity contribution is 7.89. The molecule has 1 fully saturated rings. The Morgan fingerprint density at radius 1 is 1.33 bits per heavy atom. The van der Waals surface area contributed by atoms with Crippen molar-refractivity contribution in [2.45, 2.75) is 24.3 Å². The number of nitrogens with one attached hydrogen (secondary N) is 1. The van der Waals surface area contributed by atoms with Gasteiger partial charge >= 0.3 is 0 Å². The Labute approximate surface area is 107 Å². The van der Waals surface area contributed by atoms with E-state index in [2.05, 4.69) is 5.32 Å². The third-order valence-electron chi connectivity index (χ3n) is 3.02. The highest BCUT2D eigenvalue weighted by Crippen LogP contribution is 2.20. The minimum atomic E-state index is -3.58. The number of carbonyl (C=O) groups excluding carboxylic acids is 1. The van der Waals surface area contributed by atoms with Crippen LogP contribution in [0, 0.1) is 0 Å². The van der Waals surface area contributed by atoms with Crippen LogP contribution in [0.15, 0.2) is 35.2 Å². The minimum Gasteiger partial charge on any atom is -0.353 e. The van der Waals surface area contributed by atoms with Crippen LogP contribution in [0.3, 0.4) is 0 Å². The summed E-state index contributed by atoms with van der Waals surface area (Å²) in [7, 11) is -3.58. The predicted octanol–water partition coefficient (Wildman–Crippen LogP) is 0.586. The molecule has 0 aliphatic carbocycles. The average molecular weight is 268 g/mol. The number of sulfonamides is 1. The van der Waals surface area contributed by atoms with Gasteiger partial charge < -0.3 is 5.32 Å². The quantitative estimate of drug-likeness (QED) is 0.872. The topological polar surface area (TPSA) is 66.5 Å². The molecule has 0 radical (unpaired) electrons. The Morgan fingerprint density at radius 2 is 2.00 bits per heavy atom. The van der Waals surface area contributed by atoms with Gasteiger partial charge in [0.15, 0.2) is 0 Å². The van der Waals surface area contributed by atoms with E-state index in [4.69, 9.17) is 0 Å². The Balaban J connectivity index is 2.37. The van der Waals surface area contributed by atoms with Gasteiger partial charge in [-0.3, -0.25) is 4.79 Å². The van der Waals surface area contributed by atoms with Crippen molar-refractivity contribution in [3.05, 3.63) is 30.3 Å². The second-order valence-electron chi connectivity index (χ2n) is 4.14. The average Bonchev–Trinajstić information content (AvgIpc) is 2.39. The Bertz CT molecular complexity index is 528. The van der Waals surface area contributed by atoms with Crippen LogP contribution in [-0.2, 0) is 14.8 Å². The predicted molar refractivity (Wildman–Crippen MR) is 67.4 cm³/mol. The van der Waals surface area contributed by atoms with Crippen LogP contribution in [0.2, 0.25) is 0 Å². The first kappa shape index (κ1) is 13.0. The van der Waals surface area contributed by atoms with Gasteiger partial charge in [0.25, 0.3) is 0 Å². The summed E-state index contributed by atoms with van der Waals surface area (Å²) in [5.41, 5.74) is 0. The zero-order chi connectivity index (χ0) is 13.2. The van der Waals surface area contributed by atoms with Gasteiger partial charge in [-0.05, 0) is 18.6 Å². The lowest BCUT2D eigenvalue weighted by Crippen LogP contribution is -2.56. The molecule has 1 saturated heterocycles. The zero-order valence-electron chi connectivity index (χ0n) is 10.2. The second-order valence-corrected chi connectivity index (χ2v) is 6.03. The van der Waals surface area contributed by atoms with Crippen LogP contribution in [0.5, 0.6) is 0 Å². The van der Waals surface area contributed by atoms with Crippen molar-refractivity contribution in [2.75, 3.05) is 13.1 Å². The normalized spacial score (nSPS) is 21.6. The van der Waals surface area contributed by atoms with E-state index in [-0.39, 0.29) is 10.8 Å². The molecule has 0 bridgehead atoms. The molecule has 98 valence electrons. The van der Waals surface area contributed by atoms with Gasteiger partial charge in [-0.1, -0.05) is 25.1 Å². The van der Waals surface area contributed by atoms with E-state index >= 15 is 0 Å². The van der Waals surface area contributed by atoms with E-state index in [1.807, 2.05) is 6.92 Å². The number of nitrogens with zero attached hydrogens (tertiary/aromatic N) is 1. The number of rotatable bonds is 3. The number of piperazine rings is 1. The monoisotopic (exact) mass is 268 g/mol. The lowest BCUT2D eigenvalue weighted by Gasteiger charge is -2.33. The molecule has 6 heteroatoms. The molecule has 1 unspecified atom stereocenters. The van der Waals surface area contributed by atoms with Crippen LogP contribution in [-0.4, -0.2) is 37.8 Å². The molecule has 1 aliphatic heterocycles. The highest BCUT2D eigenvalue weighted by Gasteiger charge is 2.37. The van der Waals surface area contributed by atoms with Gasteiger partial charge in [0.1, 0.15) is 6.04 Å². The minimum absolute atomic E-state index is 0.219. The summed E-state index contributed by atoms with van der Waals surface area (Å²) in [6.45, 7) is 2.49. The van der Waals surface area contributed by atoms with Crippen molar-refractivity contribution in [1.29, 1.82) is 0 Å². The molecule has 1 aromatic rings. The number of amides is 1. The molecule has 18 heavy (non-hydrogen) atoms. The Hall–Kier alpha value is -1.40. The van der Waals surface area contributed by atoms with Crippen LogP contribution < -0.4 is 5.32 Å². The van der Waals surface area contributed by atoms with Gasteiger partial charge in [0, 0.05) is 13.1 Å². The summed E-state index contributed by atoms with van der Waals surface area (Å²) in [6, 6.07) is 7.61. The van der Waals surface area contributed by atoms with E-state index in [1.54, 1.807) is 30.3 Å². The van der Waals surface area contributed by atoms with E-state index in [0.717, 1.165) is 0 Å². The van der Waals surface area contributed by atoms with Crippen LogP contribution in [0.1, 0.15) is 13.3 Å². The summed E-state index contributed by atoms with van der Waals surface area (Å²) in [6.07, 6.45) is 0.470. The smallest absolute Gasteiger partial charge is 0.243 e. The first-order chi connectivity index (χ1) is 8.57. The van der Waals surface area contributed by atoms with Gasteiger partial charge in [-0.15, -0.1) is 0 Å². The van der Waals surface area contributed by atoms with E-state index in [0.29, 0.717) is 19.5 Å². The molecule has 0 spiro atoms. The van der Waals surface area contributed by atoms with Gasteiger partial charge in [-0.2, -0.15) is 4.31 Å². The standard InChI is InChI=1S/C12H16N2O3S/c1-2-11-12(15)13-8-9-14(11)18(16,17)10-6-4-3-5-7-10/h3-7,11H,2,8-9H2,1H3,(H,13,15). The van der Waals surface area contributed by atoms with Crippen LogP contribution in [0.25, 0.3) is 0 Å². The molecule has 0 aromatic heterocycles. The van der Waals surface area contributed by atoms with Gasteiger partial charge in [-0.25, -0.2) is 8.42 Å². The maximum Gasteiger partial charge on any atom is 0.243 e. The van der Waals surface area contributed by atoms with E-state index in [9.17, 15) is 13.2 Å².